The lowest BCUT2D eigenvalue weighted by atomic mass is 10.0. The third kappa shape index (κ3) is 3.49. The highest BCUT2D eigenvalue weighted by molar-refractivity contribution is 9.10. The summed E-state index contributed by atoms with van der Waals surface area (Å²) in [6.07, 6.45) is 0.473. The van der Waals surface area contributed by atoms with E-state index in [0.717, 1.165) is 17.9 Å². The number of benzene rings is 1. The van der Waals surface area contributed by atoms with Crippen molar-refractivity contribution in [1.82, 2.24) is 15.1 Å². The van der Waals surface area contributed by atoms with E-state index in [9.17, 15) is 8.78 Å². The van der Waals surface area contributed by atoms with Crippen LogP contribution in [0.15, 0.2) is 22.7 Å². The highest BCUT2D eigenvalue weighted by Gasteiger charge is 2.21. The van der Waals surface area contributed by atoms with E-state index in [1.54, 1.807) is 7.05 Å². The summed E-state index contributed by atoms with van der Waals surface area (Å²) in [5.74, 6) is -1.11. The third-order valence-electron chi connectivity index (χ3n) is 3.44. The fourth-order valence-electron chi connectivity index (χ4n) is 2.48. The standard InChI is InChI=1S/C15H18BrF2N3/c1-4-21-11(5-9(2)20-21)8-14(19-3)15-12(17)6-10(16)7-13(15)18/h5-7,14,19H,4,8H2,1-3H3. The van der Waals surface area contributed by atoms with Gasteiger partial charge in [-0.1, -0.05) is 15.9 Å². The smallest absolute Gasteiger partial charge is 0.132 e. The Hall–Kier alpha value is -1.27. The average molecular weight is 358 g/mol. The Balaban J connectivity index is 2.36. The minimum atomic E-state index is -0.555. The molecule has 0 amide bonds. The van der Waals surface area contributed by atoms with Crippen LogP contribution in [0.2, 0.25) is 0 Å². The van der Waals surface area contributed by atoms with Crippen LogP contribution in [-0.2, 0) is 13.0 Å². The Labute approximate surface area is 131 Å². The molecule has 0 radical (unpaired) electrons. The van der Waals surface area contributed by atoms with Crippen LogP contribution < -0.4 is 5.32 Å². The Kier molecular flexibility index (Phi) is 5.11. The summed E-state index contributed by atoms with van der Waals surface area (Å²) in [5.41, 5.74) is 1.91. The number of halogens is 3. The van der Waals surface area contributed by atoms with Gasteiger partial charge in [0.1, 0.15) is 11.6 Å². The summed E-state index contributed by atoms with van der Waals surface area (Å²) in [7, 11) is 1.70. The molecule has 0 aliphatic heterocycles. The molecular formula is C15H18BrF2N3. The molecule has 114 valence electrons. The van der Waals surface area contributed by atoms with Crippen LogP contribution in [0.25, 0.3) is 0 Å². The van der Waals surface area contributed by atoms with Crippen LogP contribution in [0, 0.1) is 18.6 Å². The lowest BCUT2D eigenvalue weighted by Gasteiger charge is -2.19. The van der Waals surface area contributed by atoms with Gasteiger partial charge in [0.2, 0.25) is 0 Å². The Morgan fingerprint density at radius 3 is 2.43 bits per heavy atom. The number of hydrogen-bond donors (Lipinski definition) is 1. The number of aromatic nitrogens is 2. The summed E-state index contributed by atoms with van der Waals surface area (Å²) in [4.78, 5) is 0. The number of aryl methyl sites for hydroxylation is 2. The van der Waals surface area contributed by atoms with Crippen LogP contribution in [-0.4, -0.2) is 16.8 Å². The van der Waals surface area contributed by atoms with E-state index in [1.807, 2.05) is 24.6 Å². The van der Waals surface area contributed by atoms with Gasteiger partial charge in [-0.15, -0.1) is 0 Å². The first kappa shape index (κ1) is 16.1. The molecule has 1 heterocycles. The zero-order valence-electron chi connectivity index (χ0n) is 12.3. The van der Waals surface area contributed by atoms with Crippen LogP contribution in [0.1, 0.15) is 29.9 Å². The van der Waals surface area contributed by atoms with Gasteiger partial charge in [-0.25, -0.2) is 8.78 Å². The highest BCUT2D eigenvalue weighted by atomic mass is 79.9. The number of hydrogen-bond acceptors (Lipinski definition) is 2. The molecule has 0 aliphatic carbocycles. The van der Waals surface area contributed by atoms with Gasteiger partial charge in [0.05, 0.1) is 5.69 Å². The molecule has 21 heavy (non-hydrogen) atoms. The van der Waals surface area contributed by atoms with E-state index in [4.69, 9.17) is 0 Å². The fraction of sp³-hybridized carbons (Fsp3) is 0.400. The van der Waals surface area contributed by atoms with Crippen molar-refractivity contribution < 1.29 is 8.78 Å². The predicted molar refractivity (Wildman–Crippen MR) is 82.2 cm³/mol. The summed E-state index contributed by atoms with van der Waals surface area (Å²) < 4.78 is 30.5. The second kappa shape index (κ2) is 6.66. The minimum Gasteiger partial charge on any atom is -0.312 e. The molecule has 1 atom stereocenters. The highest BCUT2D eigenvalue weighted by Crippen LogP contribution is 2.27. The van der Waals surface area contributed by atoms with Crippen molar-refractivity contribution in [1.29, 1.82) is 0 Å². The lowest BCUT2D eigenvalue weighted by Crippen LogP contribution is -2.23. The largest absolute Gasteiger partial charge is 0.312 e. The molecule has 3 nitrogen and oxygen atoms in total. The first-order valence-corrected chi connectivity index (χ1v) is 7.60. The Morgan fingerprint density at radius 1 is 1.29 bits per heavy atom. The molecule has 0 bridgehead atoms. The van der Waals surface area contributed by atoms with Gasteiger partial charge in [-0.05, 0) is 39.1 Å². The van der Waals surface area contributed by atoms with Gasteiger partial charge in [0.15, 0.2) is 0 Å². The van der Waals surface area contributed by atoms with Crippen LogP contribution in [0.3, 0.4) is 0 Å². The topological polar surface area (TPSA) is 29.9 Å². The lowest BCUT2D eigenvalue weighted by molar-refractivity contribution is 0.475. The fourth-order valence-corrected chi connectivity index (χ4v) is 2.88. The van der Waals surface area contributed by atoms with Crippen molar-refractivity contribution in [3.05, 3.63) is 51.3 Å². The van der Waals surface area contributed by atoms with E-state index < -0.39 is 17.7 Å². The van der Waals surface area contributed by atoms with E-state index in [-0.39, 0.29) is 5.56 Å². The van der Waals surface area contributed by atoms with Gasteiger partial charge in [0.25, 0.3) is 0 Å². The van der Waals surface area contributed by atoms with E-state index in [1.165, 1.54) is 12.1 Å². The monoisotopic (exact) mass is 357 g/mol. The van der Waals surface area contributed by atoms with Crippen molar-refractivity contribution in [2.45, 2.75) is 32.9 Å². The van der Waals surface area contributed by atoms with E-state index in [0.29, 0.717) is 10.9 Å². The second-order valence-corrected chi connectivity index (χ2v) is 5.84. The molecule has 2 aromatic rings. The molecule has 0 saturated heterocycles. The molecule has 0 saturated carbocycles. The first-order valence-electron chi connectivity index (χ1n) is 6.81. The van der Waals surface area contributed by atoms with E-state index >= 15 is 0 Å². The molecule has 1 aromatic carbocycles. The maximum atomic E-state index is 14.1. The van der Waals surface area contributed by atoms with Crippen molar-refractivity contribution in [3.63, 3.8) is 0 Å². The summed E-state index contributed by atoms with van der Waals surface area (Å²) in [6.45, 7) is 4.63. The quantitative estimate of drug-likeness (QED) is 0.882. The normalized spacial score (nSPS) is 12.7. The van der Waals surface area contributed by atoms with Crippen molar-refractivity contribution in [2.75, 3.05) is 7.05 Å². The number of likely N-dealkylation sites (N-methyl/N-ethyl adjacent to an activating group) is 1. The SMILES string of the molecule is CCn1nc(C)cc1CC(NC)c1c(F)cc(Br)cc1F. The zero-order valence-corrected chi connectivity index (χ0v) is 13.8. The molecule has 1 aromatic heterocycles. The predicted octanol–water partition coefficient (Wildman–Crippen LogP) is 3.76. The number of nitrogens with one attached hydrogen (secondary N) is 1. The summed E-state index contributed by atoms with van der Waals surface area (Å²) >= 11 is 3.10. The van der Waals surface area contributed by atoms with Crippen LogP contribution in [0.5, 0.6) is 0 Å². The number of rotatable bonds is 5. The summed E-state index contributed by atoms with van der Waals surface area (Å²) in [6, 6.07) is 4.07. The molecular weight excluding hydrogens is 340 g/mol. The molecule has 2 rings (SSSR count). The molecule has 0 fully saturated rings. The van der Waals surface area contributed by atoms with Gasteiger partial charge >= 0.3 is 0 Å². The molecule has 0 aliphatic rings. The molecule has 6 heteroatoms. The van der Waals surface area contributed by atoms with Crippen molar-refractivity contribution in [2.24, 2.45) is 0 Å². The maximum absolute atomic E-state index is 14.1. The van der Waals surface area contributed by atoms with Crippen LogP contribution in [0.4, 0.5) is 8.78 Å². The molecule has 1 N–H and O–H groups in total. The van der Waals surface area contributed by atoms with Gasteiger partial charge < -0.3 is 5.32 Å². The van der Waals surface area contributed by atoms with Gasteiger partial charge in [0, 0.05) is 34.7 Å². The van der Waals surface area contributed by atoms with E-state index in [2.05, 4.69) is 26.3 Å². The van der Waals surface area contributed by atoms with Crippen LogP contribution >= 0.6 is 15.9 Å². The van der Waals surface area contributed by atoms with Crippen molar-refractivity contribution in [3.8, 4) is 0 Å². The average Bonchev–Trinajstić information content (AvgIpc) is 2.76. The Morgan fingerprint density at radius 2 is 1.90 bits per heavy atom. The van der Waals surface area contributed by atoms with Crippen molar-refractivity contribution >= 4 is 15.9 Å². The Bertz CT molecular complexity index is 617. The number of nitrogens with zero attached hydrogens (tertiary/aromatic N) is 2. The van der Waals surface area contributed by atoms with Gasteiger partial charge in [-0.2, -0.15) is 5.10 Å². The first-order chi connectivity index (χ1) is 9.96. The van der Waals surface area contributed by atoms with Gasteiger partial charge in [-0.3, -0.25) is 4.68 Å². The molecule has 1 unspecified atom stereocenters. The second-order valence-electron chi connectivity index (χ2n) is 4.92. The minimum absolute atomic E-state index is 0.0576. The third-order valence-corrected chi connectivity index (χ3v) is 3.90. The maximum Gasteiger partial charge on any atom is 0.132 e. The zero-order chi connectivity index (χ0) is 15.6. The molecule has 0 spiro atoms. The summed E-state index contributed by atoms with van der Waals surface area (Å²) in [5, 5.41) is 7.36.